The van der Waals surface area contributed by atoms with E-state index in [0.29, 0.717) is 53.8 Å². The van der Waals surface area contributed by atoms with Crippen molar-refractivity contribution < 1.29 is 37.3 Å². The zero-order valence-electron chi connectivity index (χ0n) is 30.7. The fourth-order valence-corrected chi connectivity index (χ4v) is 7.36. The third kappa shape index (κ3) is 9.68. The van der Waals surface area contributed by atoms with Gasteiger partial charge in [0.2, 0.25) is 0 Å². The number of esters is 1. The lowest BCUT2D eigenvalue weighted by atomic mass is 9.88. The Morgan fingerprint density at radius 2 is 1.70 bits per heavy atom. The molecule has 1 fully saturated rings. The van der Waals surface area contributed by atoms with Crippen molar-refractivity contribution in [2.45, 2.75) is 58.3 Å². The zero-order valence-corrected chi connectivity index (χ0v) is 32.3. The fourth-order valence-electron chi connectivity index (χ4n) is 6.50. The predicted octanol–water partition coefficient (Wildman–Crippen LogP) is 6.06. The molecule has 284 valence electrons. The first kappa shape index (κ1) is 40.0. The molecular weight excluding hydrogens is 718 g/mol. The highest BCUT2D eigenvalue weighted by Gasteiger charge is 2.45. The first-order chi connectivity index (χ1) is 25.4. The molecule has 3 aromatic carbocycles. The number of pyridine rings is 1. The molecule has 1 saturated heterocycles. The minimum atomic E-state index is -3.41. The fraction of sp³-hybridized carbons (Fsp3) is 0.400. The van der Waals surface area contributed by atoms with Gasteiger partial charge in [-0.2, -0.15) is 0 Å². The van der Waals surface area contributed by atoms with Gasteiger partial charge < -0.3 is 34.7 Å². The van der Waals surface area contributed by atoms with Gasteiger partial charge in [-0.25, -0.2) is 8.42 Å². The van der Waals surface area contributed by atoms with E-state index in [-0.39, 0.29) is 37.2 Å². The minimum absolute atomic E-state index is 0.0779. The van der Waals surface area contributed by atoms with E-state index in [1.807, 2.05) is 24.3 Å². The number of sulfone groups is 1. The number of ether oxygens (including phenoxy) is 4. The van der Waals surface area contributed by atoms with Crippen molar-refractivity contribution in [3.8, 4) is 28.4 Å². The first-order valence-electron chi connectivity index (χ1n) is 17.6. The number of aliphatic hydroxyl groups is 1. The number of hydrogen-bond acceptors (Lipinski definition) is 11. The van der Waals surface area contributed by atoms with E-state index in [1.54, 1.807) is 25.3 Å². The molecule has 0 radical (unpaired) electrons. The number of nitrogens with two attached hydrogens (primary N) is 1. The highest BCUT2D eigenvalue weighted by atomic mass is 35.5. The van der Waals surface area contributed by atoms with Gasteiger partial charge >= 0.3 is 5.97 Å². The summed E-state index contributed by atoms with van der Waals surface area (Å²) in [6, 6.07) is 17.1. The molecule has 53 heavy (non-hydrogen) atoms. The number of likely N-dealkylation sites (tertiary alicyclic amines) is 1. The van der Waals surface area contributed by atoms with E-state index < -0.39 is 15.3 Å². The number of carbonyl (C=O) groups excluding carboxylic acids is 1. The smallest absolute Gasteiger partial charge is 0.315 e. The summed E-state index contributed by atoms with van der Waals surface area (Å²) in [7, 11) is -3.41. The summed E-state index contributed by atoms with van der Waals surface area (Å²) in [6.07, 6.45) is 5.35. The normalized spacial score (nSPS) is 16.1. The highest BCUT2D eigenvalue weighted by molar-refractivity contribution is 7.90. The van der Waals surface area contributed by atoms with Crippen LogP contribution < -0.4 is 19.9 Å². The third-order valence-corrected chi connectivity index (χ3v) is 11.0. The monoisotopic (exact) mass is 765 g/mol. The molecule has 0 bridgehead atoms. The second-order valence-corrected chi connectivity index (χ2v) is 15.8. The Bertz CT molecular complexity index is 2030. The SMILES string of the molecule is CCOC(=O)C1(CO)CCN(CCCOc2cccc(-c3cccc(COc4cc(OCc5cncc(S(C)(=O)=O)c5)c(CN)cc4Cl)c3C)c2C)C1. The van der Waals surface area contributed by atoms with Crippen molar-refractivity contribution in [1.82, 2.24) is 9.88 Å². The second-order valence-electron chi connectivity index (χ2n) is 13.4. The largest absolute Gasteiger partial charge is 0.493 e. The first-order valence-corrected chi connectivity index (χ1v) is 19.9. The van der Waals surface area contributed by atoms with Crippen LogP contribution in [0.3, 0.4) is 0 Å². The van der Waals surface area contributed by atoms with Gasteiger partial charge in [0.1, 0.15) is 35.9 Å². The van der Waals surface area contributed by atoms with Gasteiger partial charge in [0, 0.05) is 55.5 Å². The lowest BCUT2D eigenvalue weighted by Gasteiger charge is -2.24. The van der Waals surface area contributed by atoms with Crippen LogP contribution in [0.25, 0.3) is 11.1 Å². The summed E-state index contributed by atoms with van der Waals surface area (Å²) >= 11 is 6.61. The molecule has 2 heterocycles. The van der Waals surface area contributed by atoms with E-state index in [4.69, 9.17) is 36.3 Å². The topological polar surface area (TPSA) is 151 Å². The Labute approximate surface area is 316 Å². The maximum absolute atomic E-state index is 12.5. The van der Waals surface area contributed by atoms with Gasteiger partial charge in [-0.1, -0.05) is 41.9 Å². The van der Waals surface area contributed by atoms with E-state index in [9.17, 15) is 18.3 Å². The maximum Gasteiger partial charge on any atom is 0.315 e. The summed E-state index contributed by atoms with van der Waals surface area (Å²) in [4.78, 5) is 18.8. The number of hydrogen-bond donors (Lipinski definition) is 2. The molecule has 1 aliphatic heterocycles. The van der Waals surface area contributed by atoms with Gasteiger partial charge in [-0.15, -0.1) is 0 Å². The number of rotatable bonds is 17. The molecule has 0 amide bonds. The van der Waals surface area contributed by atoms with Crippen LogP contribution in [0.5, 0.6) is 17.2 Å². The van der Waals surface area contributed by atoms with Crippen molar-refractivity contribution in [3.63, 3.8) is 0 Å². The van der Waals surface area contributed by atoms with Crippen LogP contribution in [0.2, 0.25) is 5.02 Å². The quantitative estimate of drug-likeness (QED) is 0.0955. The number of halogens is 1. The Kier molecular flexibility index (Phi) is 13.4. The predicted molar refractivity (Wildman–Crippen MR) is 204 cm³/mol. The van der Waals surface area contributed by atoms with Crippen molar-refractivity contribution in [1.29, 1.82) is 0 Å². The molecule has 11 nitrogen and oxygen atoms in total. The van der Waals surface area contributed by atoms with Crippen molar-refractivity contribution in [2.24, 2.45) is 11.1 Å². The molecular formula is C40H48ClN3O8S. The Morgan fingerprint density at radius 3 is 2.42 bits per heavy atom. The number of nitrogens with zero attached hydrogens (tertiary/aromatic N) is 2. The number of benzene rings is 3. The average molecular weight is 766 g/mol. The van der Waals surface area contributed by atoms with E-state index in [2.05, 4.69) is 35.9 Å². The van der Waals surface area contributed by atoms with Gasteiger partial charge in [0.15, 0.2) is 9.84 Å². The molecule has 0 saturated carbocycles. The van der Waals surface area contributed by atoms with Gasteiger partial charge in [-0.05, 0) is 86.2 Å². The lowest BCUT2D eigenvalue weighted by molar-refractivity contribution is -0.157. The van der Waals surface area contributed by atoms with E-state index in [1.165, 1.54) is 12.3 Å². The number of aliphatic hydroxyl groups excluding tert-OH is 1. The van der Waals surface area contributed by atoms with Crippen LogP contribution in [-0.4, -0.2) is 75.1 Å². The molecule has 0 aliphatic carbocycles. The number of aromatic nitrogens is 1. The van der Waals surface area contributed by atoms with Crippen molar-refractivity contribution >= 4 is 27.4 Å². The minimum Gasteiger partial charge on any atom is -0.493 e. The Hall–Kier alpha value is -4.20. The molecule has 13 heteroatoms. The molecule has 1 atom stereocenters. The Morgan fingerprint density at radius 1 is 0.962 bits per heavy atom. The van der Waals surface area contributed by atoms with E-state index >= 15 is 0 Å². The molecule has 1 aliphatic rings. The van der Waals surface area contributed by atoms with Crippen LogP contribution in [0.4, 0.5) is 0 Å². The van der Waals surface area contributed by atoms with Gasteiger partial charge in [-0.3, -0.25) is 9.78 Å². The highest BCUT2D eigenvalue weighted by Crippen LogP contribution is 2.37. The summed E-state index contributed by atoms with van der Waals surface area (Å²) in [5.74, 6) is 1.38. The zero-order chi connectivity index (χ0) is 38.2. The van der Waals surface area contributed by atoms with Crippen LogP contribution >= 0.6 is 11.6 Å². The summed E-state index contributed by atoms with van der Waals surface area (Å²) in [5.41, 5.74) is 11.6. The summed E-state index contributed by atoms with van der Waals surface area (Å²) < 4.78 is 47.7. The van der Waals surface area contributed by atoms with Crippen LogP contribution in [-0.2, 0) is 39.1 Å². The van der Waals surface area contributed by atoms with Crippen LogP contribution in [0, 0.1) is 19.3 Å². The Balaban J connectivity index is 1.22. The summed E-state index contributed by atoms with van der Waals surface area (Å²) in [6.45, 7) is 8.97. The number of carbonyl (C=O) groups is 1. The third-order valence-electron chi connectivity index (χ3n) is 9.65. The molecule has 0 spiro atoms. The average Bonchev–Trinajstić information content (AvgIpc) is 3.58. The summed E-state index contributed by atoms with van der Waals surface area (Å²) in [5, 5.41) is 10.3. The second kappa shape index (κ2) is 17.7. The van der Waals surface area contributed by atoms with Crippen LogP contribution in [0.1, 0.15) is 47.6 Å². The lowest BCUT2D eigenvalue weighted by Crippen LogP contribution is -2.39. The standard InChI is InChI=1S/C40H48ClN3O8S/c1-5-49-39(46)40(26-45)13-15-44(25-40)14-8-16-50-36-12-7-11-34(28(36)3)33-10-6-9-30(27(33)2)24-52-38-19-37(31(20-42)18-35(38)41)51-23-29-17-32(22-43-21-29)53(4,47)48/h6-7,9-12,17-19,21-22,45H,5,8,13-16,20,23-26,42H2,1-4H3. The van der Waals surface area contributed by atoms with Gasteiger partial charge in [0.25, 0.3) is 0 Å². The van der Waals surface area contributed by atoms with E-state index in [0.717, 1.165) is 59.3 Å². The molecule has 1 aromatic heterocycles. The van der Waals surface area contributed by atoms with Crippen LogP contribution in [0.15, 0.2) is 71.9 Å². The molecule has 5 rings (SSSR count). The molecule has 4 aromatic rings. The molecule has 3 N–H and O–H groups in total. The van der Waals surface area contributed by atoms with Crippen molar-refractivity contribution in [3.05, 3.63) is 99.8 Å². The maximum atomic E-state index is 12.5. The molecule has 1 unspecified atom stereocenters. The van der Waals surface area contributed by atoms with Gasteiger partial charge in [0.05, 0.1) is 29.7 Å². The van der Waals surface area contributed by atoms with Crippen molar-refractivity contribution in [2.75, 3.05) is 45.7 Å².